The van der Waals surface area contributed by atoms with Crippen molar-refractivity contribution < 1.29 is 13.2 Å². The van der Waals surface area contributed by atoms with E-state index in [1.165, 1.54) is 0 Å². The van der Waals surface area contributed by atoms with E-state index in [-0.39, 0.29) is 30.0 Å². The number of nitrogens with zero attached hydrogens (tertiary/aromatic N) is 1. The summed E-state index contributed by atoms with van der Waals surface area (Å²) in [6, 6.07) is 16.0. The summed E-state index contributed by atoms with van der Waals surface area (Å²) in [6.07, 6.45) is 0.453. The fraction of sp³-hybridized carbons (Fsp3) is 0.278. The molecule has 2 aromatic rings. The van der Waals surface area contributed by atoms with E-state index in [0.29, 0.717) is 22.8 Å². The Morgan fingerprint density at radius 1 is 1.12 bits per heavy atom. The third kappa shape index (κ3) is 4.32. The first-order valence-electron chi connectivity index (χ1n) is 8.02. The number of hydrogen-bond donors (Lipinski definition) is 1. The van der Waals surface area contributed by atoms with Gasteiger partial charge < -0.3 is 10.2 Å². The summed E-state index contributed by atoms with van der Waals surface area (Å²) in [5.74, 6) is -0.0698. The highest BCUT2D eigenvalue weighted by Gasteiger charge is 2.35. The van der Waals surface area contributed by atoms with Crippen LogP contribution in [-0.2, 0) is 14.6 Å². The minimum atomic E-state index is -3.09. The first-order valence-corrected chi connectivity index (χ1v) is 10.2. The van der Waals surface area contributed by atoms with E-state index in [9.17, 15) is 13.2 Å². The van der Waals surface area contributed by atoms with Gasteiger partial charge in [-0.3, -0.25) is 4.79 Å². The molecule has 5 nitrogen and oxygen atoms in total. The molecule has 25 heavy (non-hydrogen) atoms. The zero-order chi connectivity index (χ0) is 17.9. The molecule has 0 bridgehead atoms. The van der Waals surface area contributed by atoms with Gasteiger partial charge in [-0.15, -0.1) is 0 Å². The largest absolute Gasteiger partial charge is 0.375 e. The van der Waals surface area contributed by atoms with Crippen molar-refractivity contribution >= 4 is 38.7 Å². The van der Waals surface area contributed by atoms with Gasteiger partial charge in [0.15, 0.2) is 9.84 Å². The highest BCUT2D eigenvalue weighted by molar-refractivity contribution is 7.91. The Hall–Kier alpha value is -2.05. The lowest BCUT2D eigenvalue weighted by Gasteiger charge is -2.28. The molecule has 0 aliphatic carbocycles. The van der Waals surface area contributed by atoms with Crippen LogP contribution in [0.1, 0.15) is 6.42 Å². The van der Waals surface area contributed by atoms with Gasteiger partial charge in [0.05, 0.1) is 34.8 Å². The number of halogens is 1. The molecule has 1 fully saturated rings. The Morgan fingerprint density at radius 3 is 2.44 bits per heavy atom. The van der Waals surface area contributed by atoms with Crippen LogP contribution in [0.15, 0.2) is 54.6 Å². The number of carbonyl (C=O) groups is 1. The van der Waals surface area contributed by atoms with Gasteiger partial charge in [0, 0.05) is 5.69 Å². The number of benzene rings is 2. The molecule has 1 amide bonds. The van der Waals surface area contributed by atoms with Crippen molar-refractivity contribution in [3.05, 3.63) is 59.6 Å². The van der Waals surface area contributed by atoms with E-state index in [4.69, 9.17) is 11.6 Å². The van der Waals surface area contributed by atoms with Crippen molar-refractivity contribution in [1.82, 2.24) is 0 Å². The van der Waals surface area contributed by atoms with E-state index in [1.807, 2.05) is 42.5 Å². The van der Waals surface area contributed by atoms with Crippen LogP contribution >= 0.6 is 11.6 Å². The van der Waals surface area contributed by atoms with Crippen LogP contribution in [0.3, 0.4) is 0 Å². The molecule has 0 spiro atoms. The van der Waals surface area contributed by atoms with Gasteiger partial charge in [-0.2, -0.15) is 0 Å². The van der Waals surface area contributed by atoms with Crippen molar-refractivity contribution in [3.63, 3.8) is 0 Å². The summed E-state index contributed by atoms with van der Waals surface area (Å²) in [7, 11) is -3.09. The monoisotopic (exact) mass is 378 g/mol. The Bertz CT molecular complexity index is 856. The molecular weight excluding hydrogens is 360 g/mol. The summed E-state index contributed by atoms with van der Waals surface area (Å²) >= 11 is 6.10. The van der Waals surface area contributed by atoms with Gasteiger partial charge in [-0.25, -0.2) is 8.42 Å². The normalized spacial score (nSPS) is 18.7. The Labute approximate surface area is 152 Å². The Balaban J connectivity index is 1.79. The van der Waals surface area contributed by atoms with Crippen LogP contribution in [-0.4, -0.2) is 38.4 Å². The molecule has 2 aromatic carbocycles. The smallest absolute Gasteiger partial charge is 0.246 e. The standard InChI is InChI=1S/C18H19ClN2O3S/c19-16-8-4-5-9-17(16)20-12-18(22)21(14-6-2-1-3-7-14)15-10-11-25(23,24)13-15/h1-9,15,20H,10-13H2. The second-order valence-electron chi connectivity index (χ2n) is 5.99. The van der Waals surface area contributed by atoms with E-state index in [0.717, 1.165) is 0 Å². The molecule has 0 aromatic heterocycles. The van der Waals surface area contributed by atoms with Crippen LogP contribution in [0.25, 0.3) is 0 Å². The van der Waals surface area contributed by atoms with Crippen LogP contribution in [0.4, 0.5) is 11.4 Å². The second kappa shape index (κ2) is 7.45. The maximum Gasteiger partial charge on any atom is 0.246 e. The highest BCUT2D eigenvalue weighted by atomic mass is 35.5. The number of carbonyl (C=O) groups excluding carboxylic acids is 1. The fourth-order valence-corrected chi connectivity index (χ4v) is 4.89. The molecule has 3 rings (SSSR count). The summed E-state index contributed by atoms with van der Waals surface area (Å²) < 4.78 is 23.7. The number of amides is 1. The summed E-state index contributed by atoms with van der Waals surface area (Å²) in [5, 5.41) is 3.57. The van der Waals surface area contributed by atoms with Crippen molar-refractivity contribution in [2.75, 3.05) is 28.3 Å². The molecular formula is C18H19ClN2O3S. The number of rotatable bonds is 5. The average molecular weight is 379 g/mol. The maximum atomic E-state index is 12.9. The van der Waals surface area contributed by atoms with E-state index in [2.05, 4.69) is 5.32 Å². The van der Waals surface area contributed by atoms with Gasteiger partial charge in [0.25, 0.3) is 0 Å². The quantitative estimate of drug-likeness (QED) is 0.868. The molecule has 0 radical (unpaired) electrons. The molecule has 7 heteroatoms. The summed E-state index contributed by atoms with van der Waals surface area (Å²) in [5.41, 5.74) is 1.38. The summed E-state index contributed by atoms with van der Waals surface area (Å²) in [6.45, 7) is 0.0369. The lowest BCUT2D eigenvalue weighted by atomic mass is 10.1. The lowest BCUT2D eigenvalue weighted by Crippen LogP contribution is -2.44. The zero-order valence-corrected chi connectivity index (χ0v) is 15.1. The second-order valence-corrected chi connectivity index (χ2v) is 8.63. The van der Waals surface area contributed by atoms with E-state index < -0.39 is 9.84 Å². The summed E-state index contributed by atoms with van der Waals surface area (Å²) in [4.78, 5) is 14.4. The minimum absolute atomic E-state index is 0.000270. The van der Waals surface area contributed by atoms with Gasteiger partial charge in [-0.1, -0.05) is 41.9 Å². The van der Waals surface area contributed by atoms with Crippen molar-refractivity contribution in [1.29, 1.82) is 0 Å². The molecule has 1 heterocycles. The van der Waals surface area contributed by atoms with Crippen molar-refractivity contribution in [2.24, 2.45) is 0 Å². The van der Waals surface area contributed by atoms with Gasteiger partial charge in [0.2, 0.25) is 5.91 Å². The number of nitrogens with one attached hydrogen (secondary N) is 1. The minimum Gasteiger partial charge on any atom is -0.375 e. The molecule has 1 saturated heterocycles. The van der Waals surface area contributed by atoms with Crippen LogP contribution < -0.4 is 10.2 Å². The molecule has 0 saturated carbocycles. The fourth-order valence-electron chi connectivity index (χ4n) is 2.99. The molecule has 1 aliphatic rings. The Kier molecular flexibility index (Phi) is 5.30. The molecule has 132 valence electrons. The van der Waals surface area contributed by atoms with E-state index >= 15 is 0 Å². The lowest BCUT2D eigenvalue weighted by molar-refractivity contribution is -0.117. The molecule has 1 unspecified atom stereocenters. The predicted molar refractivity (Wildman–Crippen MR) is 101 cm³/mol. The van der Waals surface area contributed by atoms with Crippen molar-refractivity contribution in [2.45, 2.75) is 12.5 Å². The number of para-hydroxylation sites is 2. The molecule has 1 N–H and O–H groups in total. The first kappa shape index (κ1) is 17.8. The van der Waals surface area contributed by atoms with Crippen LogP contribution in [0.5, 0.6) is 0 Å². The van der Waals surface area contributed by atoms with Gasteiger partial charge >= 0.3 is 0 Å². The van der Waals surface area contributed by atoms with Gasteiger partial charge in [0.1, 0.15) is 0 Å². The highest BCUT2D eigenvalue weighted by Crippen LogP contribution is 2.25. The van der Waals surface area contributed by atoms with Crippen molar-refractivity contribution in [3.8, 4) is 0 Å². The van der Waals surface area contributed by atoms with Gasteiger partial charge in [-0.05, 0) is 30.7 Å². The number of hydrogen-bond acceptors (Lipinski definition) is 4. The van der Waals surface area contributed by atoms with E-state index in [1.54, 1.807) is 17.0 Å². The predicted octanol–water partition coefficient (Wildman–Crippen LogP) is 2.97. The molecule has 1 aliphatic heterocycles. The first-order chi connectivity index (χ1) is 12.0. The number of anilines is 2. The zero-order valence-electron chi connectivity index (χ0n) is 13.6. The van der Waals surface area contributed by atoms with Crippen LogP contribution in [0.2, 0.25) is 5.02 Å². The topological polar surface area (TPSA) is 66.5 Å². The third-order valence-corrected chi connectivity index (χ3v) is 6.26. The average Bonchev–Trinajstić information content (AvgIpc) is 2.95. The number of sulfone groups is 1. The maximum absolute atomic E-state index is 12.9. The molecule has 1 atom stereocenters. The van der Waals surface area contributed by atoms with Crippen LogP contribution in [0, 0.1) is 0 Å². The SMILES string of the molecule is O=C(CNc1ccccc1Cl)N(c1ccccc1)C1CCS(=O)(=O)C1. The Morgan fingerprint density at radius 2 is 1.80 bits per heavy atom. The third-order valence-electron chi connectivity index (χ3n) is 4.18.